The third-order valence-electron chi connectivity index (χ3n) is 3.08. The molecule has 0 radical (unpaired) electrons. The molecule has 0 aromatic heterocycles. The predicted octanol–water partition coefficient (Wildman–Crippen LogP) is 2.11. The summed E-state index contributed by atoms with van der Waals surface area (Å²) in [6.45, 7) is 3.55. The van der Waals surface area contributed by atoms with Gasteiger partial charge in [0.15, 0.2) is 0 Å². The molecule has 1 N–H and O–H groups in total. The second kappa shape index (κ2) is 6.18. The maximum Gasteiger partial charge on any atom is 0.248 e. The lowest BCUT2D eigenvalue weighted by Gasteiger charge is -2.11. The number of amides is 2. The molecule has 2 amide bonds. The number of benzene rings is 1. The zero-order chi connectivity index (χ0) is 13.7. The Morgan fingerprint density at radius 1 is 1.21 bits per heavy atom. The molecule has 0 aliphatic carbocycles. The molecule has 1 aromatic carbocycles. The van der Waals surface area contributed by atoms with Crippen LogP contribution in [0.4, 0.5) is 5.69 Å². The van der Waals surface area contributed by atoms with Crippen LogP contribution in [0.15, 0.2) is 36.4 Å². The van der Waals surface area contributed by atoms with Crippen LogP contribution in [0, 0.1) is 6.92 Å². The molecule has 0 saturated carbocycles. The largest absolute Gasteiger partial charge is 0.339 e. The van der Waals surface area contributed by atoms with Crippen molar-refractivity contribution in [3.05, 3.63) is 42.0 Å². The summed E-state index contributed by atoms with van der Waals surface area (Å²) in [6, 6.07) is 7.54. The lowest BCUT2D eigenvalue weighted by molar-refractivity contribution is -0.125. The summed E-state index contributed by atoms with van der Waals surface area (Å²) in [5.74, 6) is -0.366. The summed E-state index contributed by atoms with van der Waals surface area (Å²) in [6.07, 6.45) is 4.74. The van der Waals surface area contributed by atoms with E-state index in [0.29, 0.717) is 0 Å². The number of likely N-dealkylation sites (tertiary alicyclic amines) is 1. The Morgan fingerprint density at radius 3 is 2.63 bits per heavy atom. The molecule has 2 rings (SSSR count). The van der Waals surface area contributed by atoms with Gasteiger partial charge in [-0.1, -0.05) is 12.1 Å². The van der Waals surface area contributed by atoms with Crippen molar-refractivity contribution in [1.82, 2.24) is 4.90 Å². The Morgan fingerprint density at radius 2 is 1.95 bits per heavy atom. The van der Waals surface area contributed by atoms with Gasteiger partial charge in [0.2, 0.25) is 11.8 Å². The molecule has 1 aliphatic rings. The number of carbonyl (C=O) groups excluding carboxylic acids is 2. The van der Waals surface area contributed by atoms with Gasteiger partial charge in [-0.25, -0.2) is 0 Å². The van der Waals surface area contributed by atoms with Crippen molar-refractivity contribution in [2.24, 2.45) is 0 Å². The molecule has 0 unspecified atom stereocenters. The van der Waals surface area contributed by atoms with E-state index in [4.69, 9.17) is 0 Å². The Kier molecular flexibility index (Phi) is 4.34. The van der Waals surface area contributed by atoms with Crippen LogP contribution < -0.4 is 5.32 Å². The van der Waals surface area contributed by atoms with Crippen molar-refractivity contribution in [2.75, 3.05) is 18.4 Å². The number of hydrogen-bond acceptors (Lipinski definition) is 2. The van der Waals surface area contributed by atoms with Crippen molar-refractivity contribution in [3.8, 4) is 0 Å². The van der Waals surface area contributed by atoms with E-state index in [1.54, 1.807) is 4.90 Å². The molecule has 0 spiro atoms. The van der Waals surface area contributed by atoms with Crippen LogP contribution in [0.5, 0.6) is 0 Å². The Balaban J connectivity index is 1.88. The second-order valence-corrected chi connectivity index (χ2v) is 4.72. The Bertz CT molecular complexity index is 503. The van der Waals surface area contributed by atoms with E-state index in [1.165, 1.54) is 12.2 Å². The molecule has 0 bridgehead atoms. The molecule has 100 valence electrons. The molecule has 1 aromatic rings. The summed E-state index contributed by atoms with van der Waals surface area (Å²) in [7, 11) is 0. The van der Waals surface area contributed by atoms with Crippen molar-refractivity contribution >= 4 is 17.5 Å². The van der Waals surface area contributed by atoms with Gasteiger partial charge in [-0.15, -0.1) is 0 Å². The lowest BCUT2D eigenvalue weighted by Crippen LogP contribution is -2.25. The molecule has 4 nitrogen and oxygen atoms in total. The van der Waals surface area contributed by atoms with Gasteiger partial charge in [0.1, 0.15) is 0 Å². The van der Waals surface area contributed by atoms with E-state index in [9.17, 15) is 9.59 Å². The van der Waals surface area contributed by atoms with Crippen LogP contribution in [-0.4, -0.2) is 29.8 Å². The fourth-order valence-electron chi connectivity index (χ4n) is 2.10. The van der Waals surface area contributed by atoms with E-state index >= 15 is 0 Å². The van der Waals surface area contributed by atoms with Crippen molar-refractivity contribution in [3.63, 3.8) is 0 Å². The summed E-state index contributed by atoms with van der Waals surface area (Å²) in [5.41, 5.74) is 1.82. The molecule has 0 atom stereocenters. The fourth-order valence-corrected chi connectivity index (χ4v) is 2.10. The highest BCUT2D eigenvalue weighted by Gasteiger charge is 2.15. The molecule has 1 saturated heterocycles. The highest BCUT2D eigenvalue weighted by molar-refractivity contribution is 6.03. The number of hydrogen-bond donors (Lipinski definition) is 1. The van der Waals surface area contributed by atoms with Crippen molar-refractivity contribution in [1.29, 1.82) is 0 Å². The number of rotatable bonds is 3. The first kappa shape index (κ1) is 13.3. The average molecular weight is 258 g/mol. The van der Waals surface area contributed by atoms with Gasteiger partial charge in [0.25, 0.3) is 0 Å². The van der Waals surface area contributed by atoms with Crippen LogP contribution in [0.3, 0.4) is 0 Å². The zero-order valence-corrected chi connectivity index (χ0v) is 11.1. The summed E-state index contributed by atoms with van der Waals surface area (Å²) >= 11 is 0. The first-order valence-electron chi connectivity index (χ1n) is 6.50. The molecule has 1 fully saturated rings. The maximum absolute atomic E-state index is 11.7. The molecule has 1 aliphatic heterocycles. The van der Waals surface area contributed by atoms with Crippen LogP contribution in [0.1, 0.15) is 18.4 Å². The lowest BCUT2D eigenvalue weighted by atomic mass is 10.2. The average Bonchev–Trinajstić information content (AvgIpc) is 2.90. The molecule has 19 heavy (non-hydrogen) atoms. The van der Waals surface area contributed by atoms with Crippen LogP contribution in [0.25, 0.3) is 0 Å². The smallest absolute Gasteiger partial charge is 0.248 e. The first-order valence-corrected chi connectivity index (χ1v) is 6.50. The van der Waals surface area contributed by atoms with E-state index in [0.717, 1.165) is 37.2 Å². The standard InChI is InChI=1S/C15H18N2O2/c1-12-5-4-6-13(11-12)16-14(18)7-8-15(19)17-9-2-3-10-17/h4-8,11H,2-3,9-10H2,1H3,(H,16,18)/b8-7+. The fraction of sp³-hybridized carbons (Fsp3) is 0.333. The minimum absolute atomic E-state index is 0.0862. The van der Waals surface area contributed by atoms with Gasteiger partial charge in [-0.2, -0.15) is 0 Å². The normalized spacial score (nSPS) is 14.9. The van der Waals surface area contributed by atoms with Gasteiger partial charge in [-0.3, -0.25) is 9.59 Å². The minimum atomic E-state index is -0.279. The third-order valence-corrected chi connectivity index (χ3v) is 3.08. The van der Waals surface area contributed by atoms with E-state index in [2.05, 4.69) is 5.32 Å². The van der Waals surface area contributed by atoms with Crippen molar-refractivity contribution < 1.29 is 9.59 Å². The summed E-state index contributed by atoms with van der Waals surface area (Å²) < 4.78 is 0. The van der Waals surface area contributed by atoms with Crippen molar-refractivity contribution in [2.45, 2.75) is 19.8 Å². The minimum Gasteiger partial charge on any atom is -0.339 e. The number of carbonyl (C=O) groups is 2. The van der Waals surface area contributed by atoms with Crippen LogP contribution >= 0.6 is 0 Å². The summed E-state index contributed by atoms with van der Waals surface area (Å²) in [4.78, 5) is 25.2. The number of nitrogens with one attached hydrogen (secondary N) is 1. The molecular formula is C15H18N2O2. The number of aryl methyl sites for hydroxylation is 1. The summed E-state index contributed by atoms with van der Waals surface area (Å²) in [5, 5.41) is 2.73. The van der Waals surface area contributed by atoms with Gasteiger partial charge >= 0.3 is 0 Å². The highest BCUT2D eigenvalue weighted by atomic mass is 16.2. The highest BCUT2D eigenvalue weighted by Crippen LogP contribution is 2.10. The third kappa shape index (κ3) is 3.95. The van der Waals surface area contributed by atoms with Gasteiger partial charge in [0, 0.05) is 30.9 Å². The van der Waals surface area contributed by atoms with Crippen LogP contribution in [0.2, 0.25) is 0 Å². The Hall–Kier alpha value is -2.10. The number of anilines is 1. The van der Waals surface area contributed by atoms with E-state index in [-0.39, 0.29) is 11.8 Å². The van der Waals surface area contributed by atoms with Crippen LogP contribution in [-0.2, 0) is 9.59 Å². The number of nitrogens with zero attached hydrogens (tertiary/aromatic N) is 1. The quantitative estimate of drug-likeness (QED) is 0.844. The predicted molar refractivity (Wildman–Crippen MR) is 74.8 cm³/mol. The monoisotopic (exact) mass is 258 g/mol. The van der Waals surface area contributed by atoms with E-state index in [1.807, 2.05) is 31.2 Å². The SMILES string of the molecule is Cc1cccc(NC(=O)/C=C/C(=O)N2CCCC2)c1. The molecule has 4 heteroatoms. The van der Waals surface area contributed by atoms with Gasteiger partial charge in [0.05, 0.1) is 0 Å². The maximum atomic E-state index is 11.7. The second-order valence-electron chi connectivity index (χ2n) is 4.72. The Labute approximate surface area is 113 Å². The van der Waals surface area contributed by atoms with E-state index < -0.39 is 0 Å². The van der Waals surface area contributed by atoms with Gasteiger partial charge in [-0.05, 0) is 37.5 Å². The molecule has 1 heterocycles. The first-order chi connectivity index (χ1) is 9.15. The topological polar surface area (TPSA) is 49.4 Å². The molecular weight excluding hydrogens is 240 g/mol. The van der Waals surface area contributed by atoms with Gasteiger partial charge < -0.3 is 10.2 Å². The zero-order valence-electron chi connectivity index (χ0n) is 11.1.